The molecule has 2 aromatic heterocycles. The standard InChI is InChI=1S/C16H12O5S/c1-20-16-12(5-4-10-3-2-6-22-10)21-13-8-9(17)7-11(18)14(13)15(16)19/h2-8,17-18H,1H3/b5-4+. The Morgan fingerprint density at radius 1 is 1.27 bits per heavy atom. The van der Waals surface area contributed by atoms with Crippen molar-refractivity contribution in [1.29, 1.82) is 0 Å². The number of phenolic OH excluding ortho intramolecular Hbond substituents is 2. The average molecular weight is 316 g/mol. The number of rotatable bonds is 3. The first-order valence-corrected chi connectivity index (χ1v) is 7.26. The fourth-order valence-corrected chi connectivity index (χ4v) is 2.75. The minimum atomic E-state index is -0.493. The first kappa shape index (κ1) is 14.2. The summed E-state index contributed by atoms with van der Waals surface area (Å²) >= 11 is 1.54. The van der Waals surface area contributed by atoms with E-state index in [4.69, 9.17) is 9.15 Å². The SMILES string of the molecule is COc1c(/C=C/c2cccs2)oc2cc(O)cc(O)c2c1=O. The minimum Gasteiger partial charge on any atom is -0.508 e. The predicted molar refractivity (Wildman–Crippen MR) is 85.6 cm³/mol. The Hall–Kier alpha value is -2.73. The fraction of sp³-hybridized carbons (Fsp3) is 0.0625. The summed E-state index contributed by atoms with van der Waals surface area (Å²) in [4.78, 5) is 13.4. The number of hydrogen-bond donors (Lipinski definition) is 2. The predicted octanol–water partition coefficient (Wildman–Crippen LogP) is 3.44. The first-order valence-electron chi connectivity index (χ1n) is 6.38. The van der Waals surface area contributed by atoms with E-state index in [1.54, 1.807) is 23.5 Å². The number of phenols is 2. The van der Waals surface area contributed by atoms with E-state index in [2.05, 4.69) is 0 Å². The summed E-state index contributed by atoms with van der Waals surface area (Å²) in [6, 6.07) is 6.19. The third-order valence-corrected chi connectivity index (χ3v) is 3.93. The van der Waals surface area contributed by atoms with E-state index in [1.807, 2.05) is 17.5 Å². The van der Waals surface area contributed by atoms with Gasteiger partial charge in [-0.2, -0.15) is 0 Å². The van der Waals surface area contributed by atoms with E-state index in [0.717, 1.165) is 10.9 Å². The van der Waals surface area contributed by atoms with Crippen molar-refractivity contribution in [3.05, 3.63) is 50.5 Å². The summed E-state index contributed by atoms with van der Waals surface area (Å²) in [5, 5.41) is 21.3. The van der Waals surface area contributed by atoms with Crippen molar-refractivity contribution in [2.45, 2.75) is 0 Å². The van der Waals surface area contributed by atoms with Gasteiger partial charge in [0.25, 0.3) is 0 Å². The summed E-state index contributed by atoms with van der Waals surface area (Å²) in [7, 11) is 1.36. The molecule has 0 atom stereocenters. The molecule has 0 unspecified atom stereocenters. The van der Waals surface area contributed by atoms with Crippen molar-refractivity contribution >= 4 is 34.5 Å². The summed E-state index contributed by atoms with van der Waals surface area (Å²) in [6.07, 6.45) is 3.41. The van der Waals surface area contributed by atoms with Gasteiger partial charge in [0.1, 0.15) is 22.5 Å². The molecule has 0 fully saturated rings. The molecule has 0 aliphatic rings. The molecule has 22 heavy (non-hydrogen) atoms. The highest BCUT2D eigenvalue weighted by Gasteiger charge is 2.17. The Morgan fingerprint density at radius 2 is 2.09 bits per heavy atom. The van der Waals surface area contributed by atoms with Crippen LogP contribution in [0, 0.1) is 0 Å². The molecule has 3 rings (SSSR count). The molecule has 0 radical (unpaired) electrons. The van der Waals surface area contributed by atoms with E-state index in [0.29, 0.717) is 0 Å². The van der Waals surface area contributed by atoms with Crippen molar-refractivity contribution in [3.63, 3.8) is 0 Å². The smallest absolute Gasteiger partial charge is 0.238 e. The van der Waals surface area contributed by atoms with Crippen LogP contribution in [0.1, 0.15) is 10.6 Å². The largest absolute Gasteiger partial charge is 0.508 e. The van der Waals surface area contributed by atoms with Crippen LogP contribution in [0.3, 0.4) is 0 Å². The zero-order chi connectivity index (χ0) is 15.7. The Bertz CT molecular complexity index is 906. The molecule has 2 heterocycles. The number of aromatic hydroxyl groups is 2. The van der Waals surface area contributed by atoms with Crippen molar-refractivity contribution in [2.24, 2.45) is 0 Å². The second kappa shape index (κ2) is 5.57. The van der Waals surface area contributed by atoms with Crippen molar-refractivity contribution in [3.8, 4) is 17.2 Å². The summed E-state index contributed by atoms with van der Waals surface area (Å²) in [6.45, 7) is 0. The van der Waals surface area contributed by atoms with Gasteiger partial charge in [-0.15, -0.1) is 11.3 Å². The van der Waals surface area contributed by atoms with Crippen LogP contribution in [-0.2, 0) is 0 Å². The summed E-state index contributed by atoms with van der Waals surface area (Å²) in [5.74, 6) is -0.318. The zero-order valence-electron chi connectivity index (χ0n) is 11.6. The van der Waals surface area contributed by atoms with Crippen LogP contribution in [-0.4, -0.2) is 17.3 Å². The van der Waals surface area contributed by atoms with Crippen molar-refractivity contribution in [2.75, 3.05) is 7.11 Å². The fourth-order valence-electron chi connectivity index (χ4n) is 2.13. The highest BCUT2D eigenvalue weighted by molar-refractivity contribution is 7.10. The Labute approximate surface area is 129 Å². The molecule has 112 valence electrons. The highest BCUT2D eigenvalue weighted by Crippen LogP contribution is 2.31. The summed E-state index contributed by atoms with van der Waals surface area (Å²) in [5.41, 5.74) is -0.402. The molecule has 0 saturated carbocycles. The van der Waals surface area contributed by atoms with Gasteiger partial charge in [0.15, 0.2) is 5.76 Å². The van der Waals surface area contributed by atoms with Crippen molar-refractivity contribution in [1.82, 2.24) is 0 Å². The summed E-state index contributed by atoms with van der Waals surface area (Å²) < 4.78 is 10.7. The minimum absolute atomic E-state index is 0.00120. The molecular formula is C16H12O5S. The molecule has 2 N–H and O–H groups in total. The maximum absolute atomic E-state index is 12.4. The number of ether oxygens (including phenoxy) is 1. The van der Waals surface area contributed by atoms with Crippen molar-refractivity contribution < 1.29 is 19.4 Å². The molecular weight excluding hydrogens is 304 g/mol. The van der Waals surface area contributed by atoms with Gasteiger partial charge in [0, 0.05) is 17.0 Å². The molecule has 6 heteroatoms. The van der Waals surface area contributed by atoms with Gasteiger partial charge in [-0.3, -0.25) is 4.79 Å². The lowest BCUT2D eigenvalue weighted by molar-refractivity contribution is 0.389. The van der Waals surface area contributed by atoms with Crippen LogP contribution in [0.5, 0.6) is 17.2 Å². The number of fused-ring (bicyclic) bond motifs is 1. The molecule has 0 aliphatic carbocycles. The van der Waals surface area contributed by atoms with Crippen LogP contribution in [0.15, 0.2) is 38.9 Å². The Balaban J connectivity index is 2.24. The third kappa shape index (κ3) is 2.44. The normalized spacial score (nSPS) is 11.3. The number of methoxy groups -OCH3 is 1. The Morgan fingerprint density at radius 3 is 2.77 bits per heavy atom. The van der Waals surface area contributed by atoms with Gasteiger partial charge in [-0.05, 0) is 23.6 Å². The van der Waals surface area contributed by atoms with E-state index in [9.17, 15) is 15.0 Å². The molecule has 0 aliphatic heterocycles. The Kier molecular flexibility index (Phi) is 3.60. The van der Waals surface area contributed by atoms with Crippen LogP contribution in [0.2, 0.25) is 0 Å². The molecule has 5 nitrogen and oxygen atoms in total. The zero-order valence-corrected chi connectivity index (χ0v) is 12.4. The number of hydrogen-bond acceptors (Lipinski definition) is 6. The van der Waals surface area contributed by atoms with Gasteiger partial charge >= 0.3 is 0 Å². The van der Waals surface area contributed by atoms with E-state index in [-0.39, 0.29) is 34.0 Å². The second-order valence-corrected chi connectivity index (χ2v) is 5.49. The third-order valence-electron chi connectivity index (χ3n) is 3.09. The topological polar surface area (TPSA) is 79.9 Å². The van der Waals surface area contributed by atoms with Gasteiger partial charge < -0.3 is 19.4 Å². The monoisotopic (exact) mass is 316 g/mol. The van der Waals surface area contributed by atoms with Crippen LogP contribution in [0.25, 0.3) is 23.1 Å². The van der Waals surface area contributed by atoms with Gasteiger partial charge in [0.2, 0.25) is 11.2 Å². The van der Waals surface area contributed by atoms with Gasteiger partial charge in [0.05, 0.1) is 7.11 Å². The van der Waals surface area contributed by atoms with Crippen LogP contribution < -0.4 is 10.2 Å². The highest BCUT2D eigenvalue weighted by atomic mass is 32.1. The van der Waals surface area contributed by atoms with E-state index >= 15 is 0 Å². The molecule has 1 aromatic carbocycles. The maximum Gasteiger partial charge on any atom is 0.238 e. The number of benzene rings is 1. The number of thiophene rings is 1. The lowest BCUT2D eigenvalue weighted by atomic mass is 10.1. The molecule has 0 spiro atoms. The quantitative estimate of drug-likeness (QED) is 0.773. The average Bonchev–Trinajstić information content (AvgIpc) is 2.97. The van der Waals surface area contributed by atoms with Gasteiger partial charge in [-0.25, -0.2) is 0 Å². The lowest BCUT2D eigenvalue weighted by Gasteiger charge is -2.07. The van der Waals surface area contributed by atoms with Gasteiger partial charge in [-0.1, -0.05) is 6.07 Å². The second-order valence-electron chi connectivity index (χ2n) is 4.52. The van der Waals surface area contributed by atoms with Crippen LogP contribution in [0.4, 0.5) is 0 Å². The van der Waals surface area contributed by atoms with Crippen LogP contribution >= 0.6 is 11.3 Å². The molecule has 0 bridgehead atoms. The maximum atomic E-state index is 12.4. The molecule has 0 amide bonds. The first-order chi connectivity index (χ1) is 10.6. The molecule has 0 saturated heterocycles. The van der Waals surface area contributed by atoms with E-state index in [1.165, 1.54) is 13.2 Å². The lowest BCUT2D eigenvalue weighted by Crippen LogP contribution is -2.07. The molecule has 3 aromatic rings. The van der Waals surface area contributed by atoms with E-state index < -0.39 is 5.43 Å².